The minimum Gasteiger partial charge on any atom is -0.493 e. The largest absolute Gasteiger partial charge is 0.493 e. The number of rotatable bonds is 9. The van der Waals surface area contributed by atoms with E-state index in [0.29, 0.717) is 6.61 Å². The maximum Gasteiger partial charge on any atom is 0.161 e. The molecule has 0 aliphatic rings. The average molecular weight is 351 g/mol. The highest BCUT2D eigenvalue weighted by Crippen LogP contribution is 2.28. The summed E-state index contributed by atoms with van der Waals surface area (Å²) in [7, 11) is 1.67. The molecular formula is C21H25N3O2. The Morgan fingerprint density at radius 2 is 1.96 bits per heavy atom. The van der Waals surface area contributed by atoms with Gasteiger partial charge in [-0.1, -0.05) is 31.2 Å². The summed E-state index contributed by atoms with van der Waals surface area (Å²) in [4.78, 5) is 4.13. The Hall–Kier alpha value is -2.79. The van der Waals surface area contributed by atoms with E-state index in [4.69, 9.17) is 9.47 Å². The highest BCUT2D eigenvalue weighted by atomic mass is 16.5. The van der Waals surface area contributed by atoms with Crippen molar-refractivity contribution in [3.8, 4) is 17.2 Å². The first-order valence-corrected chi connectivity index (χ1v) is 8.88. The van der Waals surface area contributed by atoms with Gasteiger partial charge in [0.05, 0.1) is 25.7 Å². The smallest absolute Gasteiger partial charge is 0.161 e. The lowest BCUT2D eigenvalue weighted by Gasteiger charge is -2.13. The van der Waals surface area contributed by atoms with Gasteiger partial charge in [-0.05, 0) is 35.7 Å². The highest BCUT2D eigenvalue weighted by Gasteiger charge is 2.07. The Morgan fingerprint density at radius 3 is 2.73 bits per heavy atom. The molecule has 26 heavy (non-hydrogen) atoms. The minimum absolute atomic E-state index is 0.686. The second kappa shape index (κ2) is 9.06. The summed E-state index contributed by atoms with van der Waals surface area (Å²) in [6, 6.07) is 14.4. The van der Waals surface area contributed by atoms with Gasteiger partial charge >= 0.3 is 0 Å². The van der Waals surface area contributed by atoms with Gasteiger partial charge in [0.2, 0.25) is 0 Å². The maximum absolute atomic E-state index is 5.79. The molecule has 0 radical (unpaired) electrons. The lowest BCUT2D eigenvalue weighted by molar-refractivity contribution is 0.294. The zero-order valence-electron chi connectivity index (χ0n) is 15.3. The van der Waals surface area contributed by atoms with Crippen molar-refractivity contribution >= 4 is 0 Å². The van der Waals surface area contributed by atoms with Gasteiger partial charge < -0.3 is 19.4 Å². The summed E-state index contributed by atoms with van der Waals surface area (Å²) in [5.74, 6) is 1.57. The van der Waals surface area contributed by atoms with Gasteiger partial charge in [-0.3, -0.25) is 0 Å². The Kier molecular flexibility index (Phi) is 6.28. The van der Waals surface area contributed by atoms with Crippen molar-refractivity contribution in [2.45, 2.75) is 26.4 Å². The molecule has 1 N–H and O–H groups in total. The first-order valence-electron chi connectivity index (χ1n) is 8.88. The van der Waals surface area contributed by atoms with Crippen molar-refractivity contribution in [1.29, 1.82) is 0 Å². The first-order chi connectivity index (χ1) is 12.8. The van der Waals surface area contributed by atoms with E-state index in [-0.39, 0.29) is 0 Å². The number of ether oxygens (including phenoxy) is 2. The lowest BCUT2D eigenvalue weighted by Crippen LogP contribution is -2.14. The van der Waals surface area contributed by atoms with E-state index >= 15 is 0 Å². The molecule has 1 aromatic heterocycles. The number of nitrogens with one attached hydrogen (secondary N) is 1. The molecule has 5 heteroatoms. The quantitative estimate of drug-likeness (QED) is 0.634. The first kappa shape index (κ1) is 18.0. The van der Waals surface area contributed by atoms with Crippen LogP contribution in [0.5, 0.6) is 11.5 Å². The third-order valence-corrected chi connectivity index (χ3v) is 4.11. The van der Waals surface area contributed by atoms with E-state index in [0.717, 1.165) is 42.3 Å². The molecule has 0 saturated heterocycles. The third-order valence-electron chi connectivity index (χ3n) is 4.11. The van der Waals surface area contributed by atoms with Crippen LogP contribution in [0.15, 0.2) is 61.2 Å². The zero-order valence-corrected chi connectivity index (χ0v) is 15.3. The number of hydrogen-bond donors (Lipinski definition) is 1. The molecule has 0 bridgehead atoms. The Bertz CT molecular complexity index is 816. The van der Waals surface area contributed by atoms with Crippen LogP contribution in [-0.4, -0.2) is 23.3 Å². The van der Waals surface area contributed by atoms with Crippen molar-refractivity contribution in [3.63, 3.8) is 0 Å². The Morgan fingerprint density at radius 1 is 1.08 bits per heavy atom. The number of para-hydroxylation sites is 1. The maximum atomic E-state index is 5.79. The van der Waals surface area contributed by atoms with Crippen LogP contribution in [0.25, 0.3) is 5.69 Å². The average Bonchev–Trinajstić information content (AvgIpc) is 3.21. The molecule has 3 rings (SSSR count). The fourth-order valence-corrected chi connectivity index (χ4v) is 2.81. The number of benzene rings is 2. The van der Waals surface area contributed by atoms with E-state index in [1.165, 1.54) is 5.56 Å². The summed E-state index contributed by atoms with van der Waals surface area (Å²) in [6.45, 7) is 4.30. The molecule has 0 saturated carbocycles. The fourth-order valence-electron chi connectivity index (χ4n) is 2.81. The molecule has 0 amide bonds. The van der Waals surface area contributed by atoms with Gasteiger partial charge in [0, 0.05) is 25.5 Å². The lowest BCUT2D eigenvalue weighted by atomic mass is 10.1. The van der Waals surface area contributed by atoms with Gasteiger partial charge in [0.1, 0.15) is 0 Å². The van der Waals surface area contributed by atoms with Gasteiger partial charge in [-0.25, -0.2) is 4.98 Å². The predicted molar refractivity (Wildman–Crippen MR) is 103 cm³/mol. The van der Waals surface area contributed by atoms with Crippen LogP contribution in [-0.2, 0) is 13.1 Å². The molecule has 0 aliphatic carbocycles. The number of hydrogen-bond acceptors (Lipinski definition) is 4. The fraction of sp³-hybridized carbons (Fsp3) is 0.286. The van der Waals surface area contributed by atoms with Crippen LogP contribution in [0, 0.1) is 0 Å². The van der Waals surface area contributed by atoms with Crippen molar-refractivity contribution in [3.05, 3.63) is 72.3 Å². The summed E-state index contributed by atoms with van der Waals surface area (Å²) in [5, 5.41) is 3.51. The van der Waals surface area contributed by atoms with Crippen molar-refractivity contribution in [1.82, 2.24) is 14.9 Å². The SMILES string of the molecule is CCCOc1cc(CNCc2ccccc2-n2ccnc2)ccc1OC. The Labute approximate surface area is 154 Å². The minimum atomic E-state index is 0.686. The van der Waals surface area contributed by atoms with Crippen LogP contribution in [0.1, 0.15) is 24.5 Å². The standard InChI is InChI=1S/C21H25N3O2/c1-3-12-26-21-13-17(8-9-20(21)25-2)14-23-15-18-6-4-5-7-19(18)24-11-10-22-16-24/h4-11,13,16,23H,3,12,14-15H2,1-2H3. The number of methoxy groups -OCH3 is 1. The molecule has 2 aromatic carbocycles. The molecule has 0 unspecified atom stereocenters. The predicted octanol–water partition coefficient (Wildman–Crippen LogP) is 3.96. The van der Waals surface area contributed by atoms with Crippen LogP contribution in [0.4, 0.5) is 0 Å². The monoisotopic (exact) mass is 351 g/mol. The molecule has 0 spiro atoms. The van der Waals surface area contributed by atoms with E-state index < -0.39 is 0 Å². The van der Waals surface area contributed by atoms with Crippen molar-refractivity contribution in [2.24, 2.45) is 0 Å². The number of aromatic nitrogens is 2. The topological polar surface area (TPSA) is 48.3 Å². The molecule has 136 valence electrons. The van der Waals surface area contributed by atoms with E-state index in [9.17, 15) is 0 Å². The molecule has 3 aromatic rings. The summed E-state index contributed by atoms with van der Waals surface area (Å²) in [6.07, 6.45) is 6.54. The van der Waals surface area contributed by atoms with Crippen molar-refractivity contribution in [2.75, 3.05) is 13.7 Å². The second-order valence-corrected chi connectivity index (χ2v) is 6.04. The molecule has 0 fully saturated rings. The number of nitrogens with zero attached hydrogens (tertiary/aromatic N) is 2. The Balaban J connectivity index is 1.65. The van der Waals surface area contributed by atoms with E-state index in [1.54, 1.807) is 13.3 Å². The zero-order chi connectivity index (χ0) is 18.2. The van der Waals surface area contributed by atoms with E-state index in [1.807, 2.05) is 35.3 Å². The summed E-state index contributed by atoms with van der Waals surface area (Å²) >= 11 is 0. The molecular weight excluding hydrogens is 326 g/mol. The number of imidazole rings is 1. The van der Waals surface area contributed by atoms with Gasteiger partial charge in [-0.15, -0.1) is 0 Å². The van der Waals surface area contributed by atoms with Gasteiger partial charge in [-0.2, -0.15) is 0 Å². The molecule has 5 nitrogen and oxygen atoms in total. The molecule has 0 atom stereocenters. The van der Waals surface area contributed by atoms with Gasteiger partial charge in [0.15, 0.2) is 11.5 Å². The van der Waals surface area contributed by atoms with Crippen LogP contribution < -0.4 is 14.8 Å². The second-order valence-electron chi connectivity index (χ2n) is 6.04. The van der Waals surface area contributed by atoms with Crippen LogP contribution in [0.3, 0.4) is 0 Å². The molecule has 1 heterocycles. The summed E-state index contributed by atoms with van der Waals surface area (Å²) in [5.41, 5.74) is 3.53. The van der Waals surface area contributed by atoms with Gasteiger partial charge in [0.25, 0.3) is 0 Å². The highest BCUT2D eigenvalue weighted by molar-refractivity contribution is 5.43. The van der Waals surface area contributed by atoms with Crippen LogP contribution in [0.2, 0.25) is 0 Å². The normalized spacial score (nSPS) is 10.7. The van der Waals surface area contributed by atoms with Crippen molar-refractivity contribution < 1.29 is 9.47 Å². The van der Waals surface area contributed by atoms with Crippen LogP contribution >= 0.6 is 0 Å². The van der Waals surface area contributed by atoms with E-state index in [2.05, 4.69) is 41.5 Å². The molecule has 0 aliphatic heterocycles. The third kappa shape index (κ3) is 4.43. The summed E-state index contributed by atoms with van der Waals surface area (Å²) < 4.78 is 13.2.